The number of aliphatic hydroxyl groups excluding tert-OH is 1. The summed E-state index contributed by atoms with van der Waals surface area (Å²) in [5, 5.41) is 23.8. The summed E-state index contributed by atoms with van der Waals surface area (Å²) < 4.78 is 0. The standard InChI is InChI=1S/C26H32N2O4S/c1-15-8-11-27-23(28-15)33-14-21(31)26(32)10-7-19-18-5-4-16-12-17(29)6-9-24(16,2)22(18)20(30)13-25(19,26)3/h6,8-9,11-12,18-20,22,30,32H,4-5,7,10,13-14H2,1-3H3/t18?,19?,20-,22?,24?,25?,26-/m0/s1. The van der Waals surface area contributed by atoms with Crippen molar-refractivity contribution in [2.75, 3.05) is 5.75 Å². The molecule has 176 valence electrons. The Balaban J connectivity index is 1.40. The minimum atomic E-state index is -1.46. The Kier molecular flexibility index (Phi) is 5.46. The smallest absolute Gasteiger partial charge is 0.188 e. The van der Waals surface area contributed by atoms with Gasteiger partial charge in [-0.1, -0.05) is 37.3 Å². The Bertz CT molecular complexity index is 1070. The number of hydrogen-bond acceptors (Lipinski definition) is 7. The SMILES string of the molecule is Cc1ccnc(SCC(=O)[C@@]2(O)CCC3C4CCC5=CC(=O)C=CC5(C)C4[C@@H](O)CC32C)n1. The summed E-state index contributed by atoms with van der Waals surface area (Å²) in [5.74, 6) is 0.290. The lowest BCUT2D eigenvalue weighted by atomic mass is 9.46. The molecule has 7 atom stereocenters. The zero-order chi connectivity index (χ0) is 23.6. The van der Waals surface area contributed by atoms with Crippen LogP contribution in [0.2, 0.25) is 0 Å². The lowest BCUT2D eigenvalue weighted by molar-refractivity contribution is -0.174. The normalized spacial score (nSPS) is 41.7. The summed E-state index contributed by atoms with van der Waals surface area (Å²) in [6.45, 7) is 6.02. The van der Waals surface area contributed by atoms with Gasteiger partial charge in [0, 0.05) is 28.6 Å². The first-order valence-corrected chi connectivity index (χ1v) is 12.9. The average Bonchev–Trinajstić information content (AvgIpc) is 3.03. The van der Waals surface area contributed by atoms with Crippen LogP contribution in [0.4, 0.5) is 0 Å². The number of aliphatic hydroxyl groups is 2. The molecule has 4 aliphatic rings. The predicted molar refractivity (Wildman–Crippen MR) is 125 cm³/mol. The Morgan fingerprint density at radius 2 is 2.09 bits per heavy atom. The number of aryl methyl sites for hydroxylation is 1. The van der Waals surface area contributed by atoms with E-state index in [0.717, 1.165) is 30.5 Å². The third-order valence-electron chi connectivity index (χ3n) is 9.21. The van der Waals surface area contributed by atoms with E-state index >= 15 is 0 Å². The molecule has 1 heterocycles. The number of thioether (sulfide) groups is 1. The van der Waals surface area contributed by atoms with E-state index in [2.05, 4.69) is 16.9 Å². The number of nitrogens with zero attached hydrogens (tertiary/aromatic N) is 2. The highest BCUT2D eigenvalue weighted by molar-refractivity contribution is 7.99. The maximum Gasteiger partial charge on any atom is 0.188 e. The van der Waals surface area contributed by atoms with Crippen molar-refractivity contribution in [2.24, 2.45) is 28.6 Å². The molecule has 5 rings (SSSR count). The first kappa shape index (κ1) is 22.9. The number of rotatable bonds is 4. The molecule has 0 aliphatic heterocycles. The number of carbonyl (C=O) groups is 2. The van der Waals surface area contributed by atoms with E-state index in [1.807, 2.05) is 26.0 Å². The minimum absolute atomic E-state index is 0.00699. The second-order valence-electron chi connectivity index (χ2n) is 10.8. The molecule has 7 heteroatoms. The molecule has 1 aromatic heterocycles. The van der Waals surface area contributed by atoms with Gasteiger partial charge < -0.3 is 10.2 Å². The van der Waals surface area contributed by atoms with Crippen LogP contribution in [0, 0.1) is 35.5 Å². The van der Waals surface area contributed by atoms with Crippen LogP contribution in [-0.2, 0) is 9.59 Å². The fraction of sp³-hybridized carbons (Fsp3) is 0.615. The summed E-state index contributed by atoms with van der Waals surface area (Å²) in [5.41, 5.74) is -0.538. The van der Waals surface area contributed by atoms with Gasteiger partial charge in [0.05, 0.1) is 11.9 Å². The maximum absolute atomic E-state index is 13.4. The number of allylic oxidation sites excluding steroid dienone is 4. The zero-order valence-corrected chi connectivity index (χ0v) is 20.3. The second kappa shape index (κ2) is 7.85. The van der Waals surface area contributed by atoms with Crippen LogP contribution >= 0.6 is 11.8 Å². The van der Waals surface area contributed by atoms with E-state index in [4.69, 9.17) is 0 Å². The Hall–Kier alpha value is -1.83. The molecule has 1 aromatic rings. The van der Waals surface area contributed by atoms with Gasteiger partial charge in [-0.2, -0.15) is 0 Å². The summed E-state index contributed by atoms with van der Waals surface area (Å²) in [6.07, 6.45) is 9.67. The van der Waals surface area contributed by atoms with Crippen LogP contribution in [0.5, 0.6) is 0 Å². The molecule has 2 N–H and O–H groups in total. The van der Waals surface area contributed by atoms with Crippen LogP contribution < -0.4 is 0 Å². The van der Waals surface area contributed by atoms with E-state index in [1.54, 1.807) is 18.3 Å². The van der Waals surface area contributed by atoms with Crippen molar-refractivity contribution in [3.8, 4) is 0 Å². The van der Waals surface area contributed by atoms with Gasteiger partial charge >= 0.3 is 0 Å². The third-order valence-corrected chi connectivity index (χ3v) is 10.1. The average molecular weight is 469 g/mol. The first-order chi connectivity index (χ1) is 15.6. The topological polar surface area (TPSA) is 100 Å². The highest BCUT2D eigenvalue weighted by Crippen LogP contribution is 2.67. The van der Waals surface area contributed by atoms with E-state index in [-0.39, 0.29) is 40.5 Å². The molecule has 33 heavy (non-hydrogen) atoms. The number of fused-ring (bicyclic) bond motifs is 5. The van der Waals surface area contributed by atoms with Gasteiger partial charge in [0.1, 0.15) is 5.60 Å². The van der Waals surface area contributed by atoms with Crippen molar-refractivity contribution in [2.45, 2.75) is 69.7 Å². The second-order valence-corrected chi connectivity index (χ2v) is 11.7. The molecule has 0 bridgehead atoms. The van der Waals surface area contributed by atoms with Crippen LogP contribution in [-0.4, -0.2) is 49.2 Å². The summed E-state index contributed by atoms with van der Waals surface area (Å²) in [6, 6.07) is 1.81. The zero-order valence-electron chi connectivity index (χ0n) is 19.5. The lowest BCUT2D eigenvalue weighted by Crippen LogP contribution is -2.61. The molecule has 0 radical (unpaired) electrons. The molecule has 0 saturated heterocycles. The van der Waals surface area contributed by atoms with Crippen molar-refractivity contribution in [3.63, 3.8) is 0 Å². The molecule has 0 aromatic carbocycles. The van der Waals surface area contributed by atoms with Gasteiger partial charge in [-0.3, -0.25) is 9.59 Å². The first-order valence-electron chi connectivity index (χ1n) is 11.9. The maximum atomic E-state index is 13.4. The van der Waals surface area contributed by atoms with Gasteiger partial charge in [0.15, 0.2) is 16.7 Å². The predicted octanol–water partition coefficient (Wildman–Crippen LogP) is 3.46. The molecular weight excluding hydrogens is 436 g/mol. The molecule has 0 amide bonds. The highest BCUT2D eigenvalue weighted by atomic mass is 32.2. The van der Waals surface area contributed by atoms with Gasteiger partial charge in [-0.15, -0.1) is 0 Å². The fourth-order valence-electron chi connectivity index (χ4n) is 7.53. The lowest BCUT2D eigenvalue weighted by Gasteiger charge is -2.59. The van der Waals surface area contributed by atoms with Crippen molar-refractivity contribution in [3.05, 3.63) is 41.8 Å². The number of hydrogen-bond donors (Lipinski definition) is 2. The van der Waals surface area contributed by atoms with Crippen molar-refractivity contribution in [1.29, 1.82) is 0 Å². The van der Waals surface area contributed by atoms with Crippen molar-refractivity contribution < 1.29 is 19.8 Å². The van der Waals surface area contributed by atoms with E-state index in [1.165, 1.54) is 11.8 Å². The summed E-state index contributed by atoms with van der Waals surface area (Å²) in [7, 11) is 0. The van der Waals surface area contributed by atoms with Gasteiger partial charge in [0.2, 0.25) is 0 Å². The molecule has 0 spiro atoms. The molecule has 3 fully saturated rings. The van der Waals surface area contributed by atoms with Gasteiger partial charge in [0.25, 0.3) is 0 Å². The number of ketones is 2. The van der Waals surface area contributed by atoms with Gasteiger partial charge in [-0.05, 0) is 69.1 Å². The van der Waals surface area contributed by atoms with E-state index in [9.17, 15) is 19.8 Å². The summed E-state index contributed by atoms with van der Waals surface area (Å²) in [4.78, 5) is 34.0. The third kappa shape index (κ3) is 3.38. The Morgan fingerprint density at radius 3 is 2.85 bits per heavy atom. The van der Waals surface area contributed by atoms with Crippen molar-refractivity contribution >= 4 is 23.3 Å². The molecule has 4 aliphatic carbocycles. The van der Waals surface area contributed by atoms with E-state index < -0.39 is 17.1 Å². The number of aromatic nitrogens is 2. The van der Waals surface area contributed by atoms with Crippen LogP contribution in [0.3, 0.4) is 0 Å². The Labute approximate surface area is 199 Å². The number of carbonyl (C=O) groups excluding carboxylic acids is 2. The van der Waals surface area contributed by atoms with Crippen LogP contribution in [0.15, 0.2) is 41.2 Å². The molecule has 6 nitrogen and oxygen atoms in total. The highest BCUT2D eigenvalue weighted by Gasteiger charge is 2.67. The monoisotopic (exact) mass is 468 g/mol. The molecular formula is C26H32N2O4S. The van der Waals surface area contributed by atoms with Gasteiger partial charge in [-0.25, -0.2) is 9.97 Å². The minimum Gasteiger partial charge on any atom is -0.393 e. The van der Waals surface area contributed by atoms with E-state index in [0.29, 0.717) is 18.0 Å². The van der Waals surface area contributed by atoms with Crippen molar-refractivity contribution in [1.82, 2.24) is 9.97 Å². The van der Waals surface area contributed by atoms with Crippen LogP contribution in [0.25, 0.3) is 0 Å². The fourth-order valence-corrected chi connectivity index (χ4v) is 8.38. The number of Topliss-reactive ketones (excluding diaryl/α,β-unsaturated/α-hetero) is 1. The molecule has 5 unspecified atom stereocenters. The Morgan fingerprint density at radius 1 is 1.30 bits per heavy atom. The summed E-state index contributed by atoms with van der Waals surface area (Å²) >= 11 is 1.26. The largest absolute Gasteiger partial charge is 0.393 e. The quantitative estimate of drug-likeness (QED) is 0.516. The van der Waals surface area contributed by atoms with Crippen LogP contribution in [0.1, 0.15) is 51.6 Å². The molecule has 3 saturated carbocycles.